The Morgan fingerprint density at radius 1 is 1.25 bits per heavy atom. The molecule has 24 heavy (non-hydrogen) atoms. The number of carbonyl (C=O) groups is 1. The van der Waals surface area contributed by atoms with E-state index in [2.05, 4.69) is 34.5 Å². The normalized spacial score (nSPS) is 18.3. The molecule has 1 aliphatic rings. The number of benzene rings is 2. The van der Waals surface area contributed by atoms with Gasteiger partial charge in [0.05, 0.1) is 5.92 Å². The Morgan fingerprint density at radius 2 is 2.04 bits per heavy atom. The highest BCUT2D eigenvalue weighted by atomic mass is 35.5. The molecule has 0 saturated carbocycles. The van der Waals surface area contributed by atoms with Crippen LogP contribution in [0.3, 0.4) is 0 Å². The van der Waals surface area contributed by atoms with E-state index in [4.69, 9.17) is 11.6 Å². The van der Waals surface area contributed by atoms with Gasteiger partial charge in [0.15, 0.2) is 0 Å². The lowest BCUT2D eigenvalue weighted by Gasteiger charge is -2.32. The average molecular weight is 343 g/mol. The summed E-state index contributed by atoms with van der Waals surface area (Å²) in [5.41, 5.74) is 3.14. The molecule has 1 aliphatic heterocycles. The van der Waals surface area contributed by atoms with Gasteiger partial charge in [-0.25, -0.2) is 0 Å². The van der Waals surface area contributed by atoms with E-state index in [9.17, 15) is 4.79 Å². The SMILES string of the molecule is Cc1ccc(Cl)cc1NC(=O)[C@@H]1CCCN(Cc2ccccc2)C1. The lowest BCUT2D eigenvalue weighted by atomic mass is 9.96. The lowest BCUT2D eigenvalue weighted by Crippen LogP contribution is -2.40. The molecule has 1 amide bonds. The maximum atomic E-state index is 12.6. The highest BCUT2D eigenvalue weighted by molar-refractivity contribution is 6.31. The van der Waals surface area contributed by atoms with Crippen molar-refractivity contribution in [2.75, 3.05) is 18.4 Å². The van der Waals surface area contributed by atoms with Crippen LogP contribution in [0.15, 0.2) is 48.5 Å². The third-order valence-electron chi connectivity index (χ3n) is 4.58. The minimum Gasteiger partial charge on any atom is -0.326 e. The van der Waals surface area contributed by atoms with Gasteiger partial charge in [0, 0.05) is 23.8 Å². The first-order valence-corrected chi connectivity index (χ1v) is 8.83. The molecule has 4 heteroatoms. The molecular weight excluding hydrogens is 320 g/mol. The third-order valence-corrected chi connectivity index (χ3v) is 4.82. The van der Waals surface area contributed by atoms with Crippen LogP contribution < -0.4 is 5.32 Å². The van der Waals surface area contributed by atoms with Gasteiger partial charge in [-0.05, 0) is 49.6 Å². The van der Waals surface area contributed by atoms with Crippen LogP contribution in [0.2, 0.25) is 5.02 Å². The van der Waals surface area contributed by atoms with Crippen molar-refractivity contribution in [3.8, 4) is 0 Å². The number of anilines is 1. The van der Waals surface area contributed by atoms with E-state index in [0.29, 0.717) is 5.02 Å². The van der Waals surface area contributed by atoms with Crippen molar-refractivity contribution in [1.29, 1.82) is 0 Å². The van der Waals surface area contributed by atoms with Crippen molar-refractivity contribution >= 4 is 23.2 Å². The second-order valence-electron chi connectivity index (χ2n) is 6.51. The topological polar surface area (TPSA) is 32.3 Å². The van der Waals surface area contributed by atoms with E-state index in [0.717, 1.165) is 43.7 Å². The fourth-order valence-electron chi connectivity index (χ4n) is 3.22. The van der Waals surface area contributed by atoms with Gasteiger partial charge in [-0.3, -0.25) is 9.69 Å². The van der Waals surface area contributed by atoms with Crippen LogP contribution in [-0.2, 0) is 11.3 Å². The Morgan fingerprint density at radius 3 is 2.83 bits per heavy atom. The first-order valence-electron chi connectivity index (χ1n) is 8.45. The number of hydrogen-bond donors (Lipinski definition) is 1. The van der Waals surface area contributed by atoms with Gasteiger partial charge < -0.3 is 5.32 Å². The predicted octanol–water partition coefficient (Wildman–Crippen LogP) is 4.50. The third kappa shape index (κ3) is 4.37. The quantitative estimate of drug-likeness (QED) is 0.887. The number of nitrogens with zero attached hydrogens (tertiary/aromatic N) is 1. The first-order chi connectivity index (χ1) is 11.6. The van der Waals surface area contributed by atoms with E-state index in [1.54, 1.807) is 0 Å². The summed E-state index contributed by atoms with van der Waals surface area (Å²) in [6.07, 6.45) is 2.00. The number of hydrogen-bond acceptors (Lipinski definition) is 2. The number of rotatable bonds is 4. The summed E-state index contributed by atoms with van der Waals surface area (Å²) < 4.78 is 0. The molecular formula is C20H23ClN2O. The van der Waals surface area contributed by atoms with E-state index < -0.39 is 0 Å². The van der Waals surface area contributed by atoms with Crippen LogP contribution in [0.4, 0.5) is 5.69 Å². The molecule has 0 aliphatic carbocycles. The Bertz CT molecular complexity index is 702. The molecule has 126 valence electrons. The van der Waals surface area contributed by atoms with Crippen LogP contribution in [0.25, 0.3) is 0 Å². The van der Waals surface area contributed by atoms with Crippen molar-refractivity contribution in [2.45, 2.75) is 26.3 Å². The summed E-state index contributed by atoms with van der Waals surface area (Å²) in [5.74, 6) is 0.124. The highest BCUT2D eigenvalue weighted by Crippen LogP contribution is 2.24. The van der Waals surface area contributed by atoms with Crippen molar-refractivity contribution in [3.63, 3.8) is 0 Å². The van der Waals surface area contributed by atoms with Crippen LogP contribution in [0.5, 0.6) is 0 Å². The molecule has 1 heterocycles. The molecule has 1 atom stereocenters. The summed E-state index contributed by atoms with van der Waals surface area (Å²) >= 11 is 6.04. The van der Waals surface area contributed by atoms with E-state index in [1.165, 1.54) is 5.56 Å². The van der Waals surface area contributed by atoms with Gasteiger partial charge in [-0.15, -0.1) is 0 Å². The van der Waals surface area contributed by atoms with E-state index in [-0.39, 0.29) is 11.8 Å². The van der Waals surface area contributed by atoms with Crippen molar-refractivity contribution < 1.29 is 4.79 Å². The molecule has 1 saturated heterocycles. The Labute approximate surface area is 148 Å². The Hall–Kier alpha value is -1.84. The molecule has 0 bridgehead atoms. The molecule has 2 aromatic rings. The predicted molar refractivity (Wildman–Crippen MR) is 99.3 cm³/mol. The van der Waals surface area contributed by atoms with Crippen LogP contribution in [0.1, 0.15) is 24.0 Å². The molecule has 0 aromatic heterocycles. The fraction of sp³-hybridized carbons (Fsp3) is 0.350. The Kier molecular flexibility index (Phi) is 5.54. The fourth-order valence-corrected chi connectivity index (χ4v) is 3.39. The second kappa shape index (κ2) is 7.82. The van der Waals surface area contributed by atoms with Crippen LogP contribution >= 0.6 is 11.6 Å². The summed E-state index contributed by atoms with van der Waals surface area (Å²) in [7, 11) is 0. The van der Waals surface area contributed by atoms with E-state index in [1.807, 2.05) is 31.2 Å². The molecule has 3 nitrogen and oxygen atoms in total. The minimum absolute atomic E-state index is 0.0286. The zero-order chi connectivity index (χ0) is 16.9. The van der Waals surface area contributed by atoms with Crippen LogP contribution in [0, 0.1) is 12.8 Å². The molecule has 1 fully saturated rings. The molecule has 0 spiro atoms. The number of piperidine rings is 1. The van der Waals surface area contributed by atoms with Gasteiger partial charge in [-0.2, -0.15) is 0 Å². The smallest absolute Gasteiger partial charge is 0.228 e. The minimum atomic E-state index is 0.0286. The standard InChI is InChI=1S/C20H23ClN2O/c1-15-9-10-18(21)12-19(15)22-20(24)17-8-5-11-23(14-17)13-16-6-3-2-4-7-16/h2-4,6-7,9-10,12,17H,5,8,11,13-14H2,1H3,(H,22,24)/t17-/m1/s1. The molecule has 0 unspecified atom stereocenters. The highest BCUT2D eigenvalue weighted by Gasteiger charge is 2.26. The Balaban J connectivity index is 1.61. The maximum absolute atomic E-state index is 12.6. The number of halogens is 1. The summed E-state index contributed by atoms with van der Waals surface area (Å²) in [4.78, 5) is 15.0. The maximum Gasteiger partial charge on any atom is 0.228 e. The van der Waals surface area contributed by atoms with Gasteiger partial charge >= 0.3 is 0 Å². The second-order valence-corrected chi connectivity index (χ2v) is 6.94. The van der Waals surface area contributed by atoms with Crippen molar-refractivity contribution in [3.05, 3.63) is 64.7 Å². The number of likely N-dealkylation sites (tertiary alicyclic amines) is 1. The summed E-state index contributed by atoms with van der Waals surface area (Å²) in [6.45, 7) is 4.74. The summed E-state index contributed by atoms with van der Waals surface area (Å²) in [6, 6.07) is 16.0. The van der Waals surface area contributed by atoms with E-state index >= 15 is 0 Å². The van der Waals surface area contributed by atoms with Crippen molar-refractivity contribution in [1.82, 2.24) is 4.90 Å². The lowest BCUT2D eigenvalue weighted by molar-refractivity contribution is -0.121. The van der Waals surface area contributed by atoms with Gasteiger partial charge in [0.25, 0.3) is 0 Å². The van der Waals surface area contributed by atoms with Gasteiger partial charge in [0.2, 0.25) is 5.91 Å². The van der Waals surface area contributed by atoms with Crippen molar-refractivity contribution in [2.24, 2.45) is 5.92 Å². The number of aryl methyl sites for hydroxylation is 1. The zero-order valence-corrected chi connectivity index (χ0v) is 14.7. The monoisotopic (exact) mass is 342 g/mol. The first kappa shape index (κ1) is 17.0. The largest absolute Gasteiger partial charge is 0.326 e. The number of amides is 1. The average Bonchev–Trinajstić information content (AvgIpc) is 2.59. The van der Waals surface area contributed by atoms with Gasteiger partial charge in [-0.1, -0.05) is 48.0 Å². The molecule has 0 radical (unpaired) electrons. The van der Waals surface area contributed by atoms with Gasteiger partial charge in [0.1, 0.15) is 0 Å². The summed E-state index contributed by atoms with van der Waals surface area (Å²) in [5, 5.41) is 3.70. The number of carbonyl (C=O) groups excluding carboxylic acids is 1. The number of nitrogens with one attached hydrogen (secondary N) is 1. The zero-order valence-electron chi connectivity index (χ0n) is 14.0. The molecule has 2 aromatic carbocycles. The molecule has 1 N–H and O–H groups in total. The van der Waals surface area contributed by atoms with Crippen LogP contribution in [-0.4, -0.2) is 23.9 Å². The molecule has 3 rings (SSSR count).